The van der Waals surface area contributed by atoms with E-state index in [0.717, 1.165) is 11.4 Å². The van der Waals surface area contributed by atoms with Crippen LogP contribution in [-0.2, 0) is 4.84 Å². The number of Topliss-reactive ketones (excluding diaryl/α,β-unsaturated/α-hetero) is 1. The van der Waals surface area contributed by atoms with E-state index in [0.29, 0.717) is 28.7 Å². The van der Waals surface area contributed by atoms with Crippen LogP contribution in [0.5, 0.6) is 11.5 Å². The van der Waals surface area contributed by atoms with E-state index >= 15 is 0 Å². The molecule has 26 heavy (non-hydrogen) atoms. The molecule has 6 heteroatoms. The highest BCUT2D eigenvalue weighted by Crippen LogP contribution is 2.38. The number of hydrogen-bond donors (Lipinski definition) is 0. The Kier molecular flexibility index (Phi) is 5.30. The molecule has 1 aromatic heterocycles. The van der Waals surface area contributed by atoms with Crippen LogP contribution < -0.4 is 9.47 Å². The quantitative estimate of drug-likeness (QED) is 0.411. The van der Waals surface area contributed by atoms with Gasteiger partial charge in [0.25, 0.3) is 0 Å². The summed E-state index contributed by atoms with van der Waals surface area (Å²) in [6.45, 7) is 3.93. The SMILES string of the molecule is COc1ccc(OC)c(/C=N/OCC(=O)c2cc(C)n(C3CC3)c2C)c1. The van der Waals surface area contributed by atoms with Gasteiger partial charge in [-0.15, -0.1) is 0 Å². The maximum Gasteiger partial charge on any atom is 0.204 e. The molecule has 0 amide bonds. The summed E-state index contributed by atoms with van der Waals surface area (Å²) in [6, 6.07) is 7.87. The highest BCUT2D eigenvalue weighted by atomic mass is 16.6. The van der Waals surface area contributed by atoms with Gasteiger partial charge in [0, 0.05) is 28.6 Å². The molecule has 0 bridgehead atoms. The molecule has 2 aromatic rings. The Labute approximate surface area is 153 Å². The number of hydrogen-bond acceptors (Lipinski definition) is 5. The van der Waals surface area contributed by atoms with Crippen LogP contribution in [0, 0.1) is 13.8 Å². The molecule has 0 spiro atoms. The van der Waals surface area contributed by atoms with Gasteiger partial charge in [-0.25, -0.2) is 0 Å². The molecule has 0 N–H and O–H groups in total. The summed E-state index contributed by atoms with van der Waals surface area (Å²) in [7, 11) is 3.18. The molecule has 1 aliphatic carbocycles. The lowest BCUT2D eigenvalue weighted by Crippen LogP contribution is -2.09. The molecule has 0 atom stereocenters. The van der Waals surface area contributed by atoms with Crippen LogP contribution in [-0.4, -0.2) is 37.4 Å². The number of ketones is 1. The first-order chi connectivity index (χ1) is 12.5. The van der Waals surface area contributed by atoms with Gasteiger partial charge in [0.2, 0.25) is 5.78 Å². The molecule has 1 fully saturated rings. The first-order valence-electron chi connectivity index (χ1n) is 8.64. The van der Waals surface area contributed by atoms with Crippen LogP contribution in [0.4, 0.5) is 0 Å². The number of nitrogens with zero attached hydrogens (tertiary/aromatic N) is 2. The minimum atomic E-state index is -0.0995. The minimum absolute atomic E-state index is 0.0697. The smallest absolute Gasteiger partial charge is 0.204 e. The zero-order valence-corrected chi connectivity index (χ0v) is 15.6. The predicted molar refractivity (Wildman–Crippen MR) is 99.6 cm³/mol. The molecule has 1 aromatic carbocycles. The molecule has 1 saturated carbocycles. The Morgan fingerprint density at radius 2 is 2.00 bits per heavy atom. The number of methoxy groups -OCH3 is 2. The second-order valence-electron chi connectivity index (χ2n) is 6.42. The average molecular weight is 356 g/mol. The number of benzene rings is 1. The fraction of sp³-hybridized carbons (Fsp3) is 0.400. The number of aryl methyl sites for hydroxylation is 1. The van der Waals surface area contributed by atoms with E-state index in [2.05, 4.69) is 9.72 Å². The van der Waals surface area contributed by atoms with Crippen LogP contribution in [0.3, 0.4) is 0 Å². The van der Waals surface area contributed by atoms with E-state index in [-0.39, 0.29) is 12.4 Å². The predicted octanol–water partition coefficient (Wildman–Crippen LogP) is 3.69. The number of carbonyl (C=O) groups is 1. The van der Waals surface area contributed by atoms with Crippen LogP contribution in [0.15, 0.2) is 29.4 Å². The van der Waals surface area contributed by atoms with Crippen molar-refractivity contribution in [3.05, 3.63) is 46.8 Å². The van der Waals surface area contributed by atoms with E-state index in [1.165, 1.54) is 19.1 Å². The van der Waals surface area contributed by atoms with Gasteiger partial charge in [0.1, 0.15) is 11.5 Å². The highest BCUT2D eigenvalue weighted by molar-refractivity contribution is 5.98. The first-order valence-corrected chi connectivity index (χ1v) is 8.64. The molecule has 1 aliphatic rings. The van der Waals surface area contributed by atoms with Crippen molar-refractivity contribution in [2.24, 2.45) is 5.16 Å². The van der Waals surface area contributed by atoms with Crippen LogP contribution in [0.1, 0.15) is 46.2 Å². The van der Waals surface area contributed by atoms with Gasteiger partial charge in [-0.2, -0.15) is 0 Å². The number of ether oxygens (including phenoxy) is 2. The molecule has 138 valence electrons. The summed E-state index contributed by atoms with van der Waals surface area (Å²) in [6.07, 6.45) is 3.89. The molecule has 0 radical (unpaired) electrons. The molecule has 6 nitrogen and oxygen atoms in total. The van der Waals surface area contributed by atoms with Crippen molar-refractivity contribution in [1.29, 1.82) is 0 Å². The number of carbonyl (C=O) groups excluding carboxylic acids is 1. The third-order valence-electron chi connectivity index (χ3n) is 4.60. The van der Waals surface area contributed by atoms with Gasteiger partial charge in [-0.05, 0) is 51.0 Å². The lowest BCUT2D eigenvalue weighted by molar-refractivity contribution is 0.0778. The average Bonchev–Trinajstić information content (AvgIpc) is 3.43. The van der Waals surface area contributed by atoms with Gasteiger partial charge < -0.3 is 18.9 Å². The van der Waals surface area contributed by atoms with Crippen molar-refractivity contribution in [3.63, 3.8) is 0 Å². The van der Waals surface area contributed by atoms with Gasteiger partial charge >= 0.3 is 0 Å². The van der Waals surface area contributed by atoms with Crippen molar-refractivity contribution in [1.82, 2.24) is 4.57 Å². The largest absolute Gasteiger partial charge is 0.497 e. The Morgan fingerprint density at radius 1 is 1.23 bits per heavy atom. The Hall–Kier alpha value is -2.76. The normalized spacial score (nSPS) is 13.8. The van der Waals surface area contributed by atoms with Gasteiger partial charge in [-0.3, -0.25) is 4.79 Å². The fourth-order valence-corrected chi connectivity index (χ4v) is 3.16. The summed E-state index contributed by atoms with van der Waals surface area (Å²) in [5, 5.41) is 3.91. The molecule has 0 saturated heterocycles. The summed E-state index contributed by atoms with van der Waals surface area (Å²) in [5.74, 6) is 1.27. The van der Waals surface area contributed by atoms with Crippen molar-refractivity contribution in [2.45, 2.75) is 32.7 Å². The van der Waals surface area contributed by atoms with Crippen molar-refractivity contribution in [2.75, 3.05) is 20.8 Å². The molecular formula is C20H24N2O4. The lowest BCUT2D eigenvalue weighted by atomic mass is 10.1. The maximum absolute atomic E-state index is 12.5. The molecule has 0 unspecified atom stereocenters. The summed E-state index contributed by atoms with van der Waals surface area (Å²) >= 11 is 0. The lowest BCUT2D eigenvalue weighted by Gasteiger charge is -2.07. The third-order valence-corrected chi connectivity index (χ3v) is 4.60. The Morgan fingerprint density at radius 3 is 2.65 bits per heavy atom. The van der Waals surface area contributed by atoms with E-state index in [1.807, 2.05) is 19.9 Å². The summed E-state index contributed by atoms with van der Waals surface area (Å²) < 4.78 is 12.7. The van der Waals surface area contributed by atoms with Gasteiger partial charge in [-0.1, -0.05) is 5.16 Å². The fourth-order valence-electron chi connectivity index (χ4n) is 3.16. The molecule has 0 aliphatic heterocycles. The van der Waals surface area contributed by atoms with E-state index < -0.39 is 0 Å². The van der Waals surface area contributed by atoms with Crippen LogP contribution >= 0.6 is 0 Å². The standard InChI is InChI=1S/C20H24N2O4/c1-13-9-18(14(2)22(13)16-5-6-16)19(23)12-26-21-11-15-10-17(24-3)7-8-20(15)25-4/h7-11,16H,5-6,12H2,1-4H3/b21-11+. The second kappa shape index (κ2) is 7.64. The van der Waals surface area contributed by atoms with Crippen molar-refractivity contribution < 1.29 is 19.1 Å². The van der Waals surface area contributed by atoms with Crippen LogP contribution in [0.25, 0.3) is 0 Å². The Balaban J connectivity index is 1.64. The number of rotatable bonds is 8. The third kappa shape index (κ3) is 3.74. The van der Waals surface area contributed by atoms with E-state index in [4.69, 9.17) is 14.3 Å². The van der Waals surface area contributed by atoms with Gasteiger partial charge in [0.05, 0.1) is 20.4 Å². The zero-order chi connectivity index (χ0) is 18.7. The minimum Gasteiger partial charge on any atom is -0.497 e. The maximum atomic E-state index is 12.5. The molecule has 3 rings (SSSR count). The van der Waals surface area contributed by atoms with Gasteiger partial charge in [0.15, 0.2) is 6.61 Å². The van der Waals surface area contributed by atoms with E-state index in [1.54, 1.807) is 32.4 Å². The first kappa shape index (κ1) is 18.0. The Bertz CT molecular complexity index is 835. The number of oxime groups is 1. The summed E-state index contributed by atoms with van der Waals surface area (Å²) in [5.41, 5.74) is 3.56. The van der Waals surface area contributed by atoms with E-state index in [9.17, 15) is 4.79 Å². The van der Waals surface area contributed by atoms with Crippen molar-refractivity contribution in [3.8, 4) is 11.5 Å². The van der Waals surface area contributed by atoms with Crippen LogP contribution in [0.2, 0.25) is 0 Å². The summed E-state index contributed by atoms with van der Waals surface area (Å²) in [4.78, 5) is 17.7. The highest BCUT2D eigenvalue weighted by Gasteiger charge is 2.28. The topological polar surface area (TPSA) is 62.0 Å². The second-order valence-corrected chi connectivity index (χ2v) is 6.42. The van der Waals surface area contributed by atoms with Crippen molar-refractivity contribution >= 4 is 12.0 Å². The zero-order valence-electron chi connectivity index (χ0n) is 15.6. The molecule has 1 heterocycles. The monoisotopic (exact) mass is 356 g/mol. The molecular weight excluding hydrogens is 332 g/mol. The number of aromatic nitrogens is 1.